The van der Waals surface area contributed by atoms with E-state index in [0.29, 0.717) is 0 Å². The molecule has 0 bridgehead atoms. The third-order valence-electron chi connectivity index (χ3n) is 9.34. The molecular weight excluding hydrogens is 629 g/mol. The van der Waals surface area contributed by atoms with Crippen LogP contribution in [0.25, 0.3) is 6.08 Å². The number of fused-ring (bicyclic) bond motifs is 1. The predicted octanol–water partition coefficient (Wildman–Crippen LogP) is 11.5. The molecule has 1 aliphatic rings. The molecule has 1 aliphatic heterocycles. The summed E-state index contributed by atoms with van der Waals surface area (Å²) in [6.45, 7) is 48.1. The van der Waals surface area contributed by atoms with Crippen molar-refractivity contribution in [2.24, 2.45) is 0 Å². The summed E-state index contributed by atoms with van der Waals surface area (Å²) in [5, 5.41) is 3.84. The van der Waals surface area contributed by atoms with E-state index in [1.54, 1.807) is 27.4 Å². The zero-order valence-corrected chi connectivity index (χ0v) is 38.4. The molecule has 2 aromatic carbocycles. The second-order valence-corrected chi connectivity index (χ2v) is 54.7. The number of hydrogen-bond donors (Lipinski definition) is 0. The van der Waals surface area contributed by atoms with Crippen molar-refractivity contribution < 1.29 is 0 Å². The van der Waals surface area contributed by atoms with E-state index in [1.807, 2.05) is 0 Å². The lowest BCUT2D eigenvalue weighted by atomic mass is 9.91. The van der Waals surface area contributed by atoms with E-state index in [-0.39, 0.29) is 0 Å². The van der Waals surface area contributed by atoms with Crippen molar-refractivity contribution in [3.8, 4) is 0 Å². The molecule has 2 aromatic rings. The third kappa shape index (κ3) is 8.30. The standard InChI is InChI=1S/C36H65Si7/c1-38(2,3)34(39(4,5)6)28-25-30(35(40(7,8)9)41(10,11)12)32(31(26-28)36(42(13,14)15)43(16,17)18)33-29-22-20-19-21-27(29)23-24-37-33/h19-26,34-36H,1-18H3. The van der Waals surface area contributed by atoms with Crippen LogP contribution in [0.2, 0.25) is 118 Å². The maximum atomic E-state index is 2.87. The van der Waals surface area contributed by atoms with Gasteiger partial charge in [0, 0.05) is 48.4 Å². The fourth-order valence-corrected chi connectivity index (χ4v) is 49.2. The average molecular weight is 695 g/mol. The van der Waals surface area contributed by atoms with Gasteiger partial charge in [-0.2, -0.15) is 0 Å². The van der Waals surface area contributed by atoms with E-state index in [9.17, 15) is 0 Å². The molecule has 0 unspecified atom stereocenters. The summed E-state index contributed by atoms with van der Waals surface area (Å²) < 4.78 is 0. The Morgan fingerprint density at radius 3 is 1.23 bits per heavy atom. The summed E-state index contributed by atoms with van der Waals surface area (Å²) in [5.41, 5.74) is 12.4. The predicted molar refractivity (Wildman–Crippen MR) is 219 cm³/mol. The van der Waals surface area contributed by atoms with Crippen molar-refractivity contribution in [3.63, 3.8) is 0 Å². The molecule has 0 atom stereocenters. The molecule has 0 N–H and O–H groups in total. The first kappa shape index (κ1) is 37.0. The highest BCUT2D eigenvalue weighted by Crippen LogP contribution is 2.47. The fourth-order valence-electron chi connectivity index (χ4n) is 9.75. The van der Waals surface area contributed by atoms with Gasteiger partial charge < -0.3 is 0 Å². The second-order valence-electron chi connectivity index (χ2n) is 20.0. The number of rotatable bonds is 10. The largest absolute Gasteiger partial charge is 0.0760 e. The Balaban J connectivity index is 2.73. The summed E-state index contributed by atoms with van der Waals surface area (Å²) in [4.78, 5) is 0. The Kier molecular flexibility index (Phi) is 10.6. The van der Waals surface area contributed by atoms with E-state index in [2.05, 4.69) is 166 Å². The maximum absolute atomic E-state index is 2.87. The summed E-state index contributed by atoms with van der Waals surface area (Å²) >= 11 is 0. The molecule has 0 fully saturated rings. The number of hydrogen-bond acceptors (Lipinski definition) is 0. The molecule has 0 saturated carbocycles. The average Bonchev–Trinajstić information content (AvgIpc) is 2.73. The van der Waals surface area contributed by atoms with Crippen molar-refractivity contribution in [1.29, 1.82) is 0 Å². The van der Waals surface area contributed by atoms with Crippen LogP contribution in [0.15, 0.2) is 42.1 Å². The smallest absolute Gasteiger partial charge is 0.0614 e. The van der Waals surface area contributed by atoms with Crippen LogP contribution >= 0.6 is 0 Å². The Hall–Kier alpha value is -0.432. The van der Waals surface area contributed by atoms with Gasteiger partial charge in [0.25, 0.3) is 0 Å². The van der Waals surface area contributed by atoms with E-state index in [1.165, 1.54) is 11.1 Å². The van der Waals surface area contributed by atoms with Crippen LogP contribution < -0.4 is 0 Å². The van der Waals surface area contributed by atoms with Gasteiger partial charge in [0.1, 0.15) is 0 Å². The Morgan fingerprint density at radius 1 is 0.488 bits per heavy atom. The van der Waals surface area contributed by atoms with Gasteiger partial charge in [-0.25, -0.2) is 0 Å². The highest BCUT2D eigenvalue weighted by molar-refractivity contribution is 6.98. The van der Waals surface area contributed by atoms with Gasteiger partial charge in [-0.15, -0.1) is 0 Å². The second kappa shape index (κ2) is 12.3. The highest BCUT2D eigenvalue weighted by atomic mass is 28.4. The molecule has 0 spiro atoms. The van der Waals surface area contributed by atoms with Crippen LogP contribution in [-0.2, 0) is 0 Å². The van der Waals surface area contributed by atoms with Gasteiger partial charge in [0.15, 0.2) is 0 Å². The zero-order valence-electron chi connectivity index (χ0n) is 31.4. The van der Waals surface area contributed by atoms with Crippen LogP contribution in [-0.4, -0.2) is 62.7 Å². The quantitative estimate of drug-likeness (QED) is 0.217. The molecule has 1 radical (unpaired) electrons. The molecule has 0 aromatic heterocycles. The molecule has 43 heavy (non-hydrogen) atoms. The zero-order chi connectivity index (χ0) is 33.1. The lowest BCUT2D eigenvalue weighted by Crippen LogP contribution is -2.50. The van der Waals surface area contributed by atoms with Crippen LogP contribution in [0.5, 0.6) is 0 Å². The topological polar surface area (TPSA) is 0 Å². The van der Waals surface area contributed by atoms with Crippen molar-refractivity contribution in [2.45, 2.75) is 133 Å². The van der Waals surface area contributed by atoms with E-state index >= 15 is 0 Å². The molecule has 7 heteroatoms. The minimum absolute atomic E-state index is 0.719. The summed E-state index contributed by atoms with van der Waals surface area (Å²) in [5.74, 6) is 0. The van der Waals surface area contributed by atoms with Gasteiger partial charge in [-0.1, -0.05) is 166 Å². The van der Waals surface area contributed by atoms with Crippen LogP contribution in [0.4, 0.5) is 0 Å². The van der Waals surface area contributed by atoms with Crippen LogP contribution in [0.3, 0.4) is 0 Å². The SMILES string of the molecule is C[Si](C)(C)C(c1cc(C([Si](C)(C)C)[Si](C)(C)C)c(C2=[Si]C=Cc3ccccc32)c(C([Si](C)(C)C)[Si](C)(C)C)c1)[Si](C)(C)C. The minimum Gasteiger partial charge on any atom is -0.0760 e. The first-order valence-corrected chi connectivity index (χ1v) is 39.3. The highest BCUT2D eigenvalue weighted by Gasteiger charge is 2.47. The van der Waals surface area contributed by atoms with Crippen LogP contribution in [0, 0.1) is 0 Å². The molecule has 0 aliphatic carbocycles. The van der Waals surface area contributed by atoms with Gasteiger partial charge in [-0.05, 0) is 54.0 Å². The van der Waals surface area contributed by atoms with Gasteiger partial charge >= 0.3 is 0 Å². The molecule has 3 rings (SSSR count). The minimum atomic E-state index is -1.57. The van der Waals surface area contributed by atoms with E-state index in [0.717, 1.165) is 24.6 Å². The van der Waals surface area contributed by atoms with Crippen molar-refractivity contribution in [3.05, 3.63) is 75.5 Å². The normalized spacial score (nSPS) is 15.4. The monoisotopic (exact) mass is 693 g/mol. The molecule has 237 valence electrons. The van der Waals surface area contributed by atoms with Crippen molar-refractivity contribution in [2.75, 3.05) is 0 Å². The Morgan fingerprint density at radius 2 is 0.860 bits per heavy atom. The van der Waals surface area contributed by atoms with Crippen LogP contribution in [0.1, 0.15) is 48.9 Å². The molecule has 0 saturated heterocycles. The first-order valence-electron chi connectivity index (χ1n) is 16.7. The number of benzene rings is 2. The summed E-state index contributed by atoms with van der Waals surface area (Å²) in [6.07, 6.45) is 2.39. The molecule has 1 heterocycles. The van der Waals surface area contributed by atoms with E-state index < -0.39 is 48.4 Å². The summed E-state index contributed by atoms with van der Waals surface area (Å²) in [6, 6.07) is 15.0. The third-order valence-corrected chi connectivity index (χ3v) is 38.4. The summed E-state index contributed by atoms with van der Waals surface area (Å²) in [7, 11) is -8.52. The fraction of sp³-hybridized carbons (Fsp3) is 0.583. The van der Waals surface area contributed by atoms with Gasteiger partial charge in [0.05, 0.1) is 9.13 Å². The first-order chi connectivity index (χ1) is 19.2. The molecule has 0 nitrogen and oxygen atoms in total. The maximum Gasteiger partial charge on any atom is 0.0614 e. The molecule has 0 amide bonds. The van der Waals surface area contributed by atoms with Gasteiger partial charge in [0.2, 0.25) is 0 Å². The van der Waals surface area contributed by atoms with Gasteiger partial charge in [-0.3, -0.25) is 0 Å². The van der Waals surface area contributed by atoms with Crippen molar-refractivity contribution in [1.82, 2.24) is 0 Å². The van der Waals surface area contributed by atoms with E-state index in [4.69, 9.17) is 0 Å². The lowest BCUT2D eigenvalue weighted by Gasteiger charge is -2.46. The Bertz CT molecular complexity index is 1280. The van der Waals surface area contributed by atoms with Crippen molar-refractivity contribution >= 4 is 68.8 Å². The lowest BCUT2D eigenvalue weighted by molar-refractivity contribution is 1.07. The Labute approximate surface area is 276 Å². The molecular formula is C36H65Si7.